The minimum absolute atomic E-state index is 0.0301. The number of nitrogens with one attached hydrogen (secondary N) is 1. The number of fused-ring (bicyclic) bond motifs is 1. The number of nitrogens with zero attached hydrogens (tertiary/aromatic N) is 1. The van der Waals surface area contributed by atoms with Crippen molar-refractivity contribution < 1.29 is 29.0 Å². The zero-order chi connectivity index (χ0) is 33.3. The number of amides is 2. The lowest BCUT2D eigenvalue weighted by atomic mass is 9.91. The molecular formula is C38H41N3O6. The largest absolute Gasteiger partial charge is 0.493 e. The van der Waals surface area contributed by atoms with E-state index in [1.807, 2.05) is 66.4 Å². The minimum Gasteiger partial charge on any atom is -0.493 e. The third-order valence-electron chi connectivity index (χ3n) is 8.52. The lowest BCUT2D eigenvalue weighted by Crippen LogP contribution is -2.42. The molecule has 1 aliphatic rings. The van der Waals surface area contributed by atoms with Crippen molar-refractivity contribution in [3.63, 3.8) is 0 Å². The molecule has 4 aromatic carbocycles. The molecule has 2 amide bonds. The van der Waals surface area contributed by atoms with Gasteiger partial charge in [-0.05, 0) is 102 Å². The van der Waals surface area contributed by atoms with Crippen molar-refractivity contribution in [3.05, 3.63) is 113 Å². The van der Waals surface area contributed by atoms with Crippen LogP contribution in [0.4, 0.5) is 16.2 Å². The molecule has 0 saturated carbocycles. The number of aliphatic carboxylic acids is 1. The lowest BCUT2D eigenvalue weighted by molar-refractivity contribution is -0.139. The molecule has 4 N–H and O–H groups in total. The molecule has 0 radical (unpaired) electrons. The molecule has 0 aliphatic carbocycles. The van der Waals surface area contributed by atoms with Crippen LogP contribution in [0.1, 0.15) is 47.1 Å². The van der Waals surface area contributed by atoms with Crippen molar-refractivity contribution in [2.45, 2.75) is 58.6 Å². The number of hydrogen-bond acceptors (Lipinski definition) is 6. The number of alkyl carbamates (subject to hydrolysis) is 1. The van der Waals surface area contributed by atoms with E-state index in [9.17, 15) is 19.5 Å². The first-order chi connectivity index (χ1) is 22.7. The zero-order valence-corrected chi connectivity index (χ0v) is 26.8. The predicted molar refractivity (Wildman–Crippen MR) is 182 cm³/mol. The van der Waals surface area contributed by atoms with Gasteiger partial charge in [-0.15, -0.1) is 0 Å². The Morgan fingerprint density at radius 3 is 2.51 bits per heavy atom. The van der Waals surface area contributed by atoms with Crippen LogP contribution in [-0.4, -0.2) is 42.3 Å². The summed E-state index contributed by atoms with van der Waals surface area (Å²) < 4.78 is 11.4. The number of carboxylic acid groups (broad SMARTS) is 1. The molecule has 47 heavy (non-hydrogen) atoms. The summed E-state index contributed by atoms with van der Waals surface area (Å²) in [4.78, 5) is 39.6. The average molecular weight is 636 g/mol. The fourth-order valence-corrected chi connectivity index (χ4v) is 5.83. The third-order valence-corrected chi connectivity index (χ3v) is 8.52. The molecule has 1 aliphatic heterocycles. The summed E-state index contributed by atoms with van der Waals surface area (Å²) in [6.07, 6.45) is 2.01. The molecule has 1 heterocycles. The van der Waals surface area contributed by atoms with E-state index in [2.05, 4.69) is 18.3 Å². The highest BCUT2D eigenvalue weighted by molar-refractivity contribution is 5.96. The number of nitrogen functional groups attached to an aromatic ring is 1. The van der Waals surface area contributed by atoms with Crippen LogP contribution in [0.25, 0.3) is 11.1 Å². The summed E-state index contributed by atoms with van der Waals surface area (Å²) in [7, 11) is 0. The molecule has 9 nitrogen and oxygen atoms in total. The summed E-state index contributed by atoms with van der Waals surface area (Å²) in [6, 6.07) is 25.4. The van der Waals surface area contributed by atoms with Crippen LogP contribution in [0, 0.1) is 13.8 Å². The number of rotatable bonds is 12. The number of ether oxygens (including phenoxy) is 2. The highest BCUT2D eigenvalue weighted by atomic mass is 16.5. The number of carbonyl (C=O) groups excluding carboxylic acids is 2. The molecule has 0 bridgehead atoms. The summed E-state index contributed by atoms with van der Waals surface area (Å²) in [5, 5.41) is 12.1. The Morgan fingerprint density at radius 1 is 0.957 bits per heavy atom. The van der Waals surface area contributed by atoms with Gasteiger partial charge in [0.1, 0.15) is 18.4 Å². The smallest absolute Gasteiger partial charge is 0.408 e. The summed E-state index contributed by atoms with van der Waals surface area (Å²) in [6.45, 7) is 5.22. The second-order valence-electron chi connectivity index (χ2n) is 11.9. The summed E-state index contributed by atoms with van der Waals surface area (Å²) >= 11 is 0. The van der Waals surface area contributed by atoms with Crippen LogP contribution in [0.3, 0.4) is 0 Å². The van der Waals surface area contributed by atoms with E-state index in [1.54, 1.807) is 24.3 Å². The number of hydrogen-bond donors (Lipinski definition) is 3. The van der Waals surface area contributed by atoms with Gasteiger partial charge in [-0.3, -0.25) is 4.79 Å². The van der Waals surface area contributed by atoms with Crippen LogP contribution in [0.2, 0.25) is 0 Å². The molecule has 244 valence electrons. The van der Waals surface area contributed by atoms with Crippen LogP contribution < -0.4 is 20.7 Å². The second-order valence-corrected chi connectivity index (χ2v) is 11.9. The standard InChI is InChI=1S/C38H41N3O6/c1-25-8-3-14-35(26(25)2)46-21-7-15-36(42)41-20-6-12-32-31(11-5-13-34(32)41)29-10-4-9-28(22-29)24-47-38(45)40-33(37(43)44)23-27-16-18-30(39)19-17-27/h3-5,8-11,13-14,16-19,22,33H,6-7,12,15,20-21,23-24,39H2,1-2H3,(H,40,45)(H,43,44). The van der Waals surface area contributed by atoms with E-state index >= 15 is 0 Å². The van der Waals surface area contributed by atoms with Gasteiger partial charge in [0.15, 0.2) is 0 Å². The van der Waals surface area contributed by atoms with Crippen LogP contribution in [0.5, 0.6) is 5.75 Å². The molecule has 0 fully saturated rings. The van der Waals surface area contributed by atoms with E-state index in [1.165, 1.54) is 5.56 Å². The van der Waals surface area contributed by atoms with Crippen LogP contribution in [0.15, 0.2) is 84.9 Å². The van der Waals surface area contributed by atoms with E-state index in [-0.39, 0.29) is 18.9 Å². The molecule has 4 aromatic rings. The zero-order valence-electron chi connectivity index (χ0n) is 26.8. The first kappa shape index (κ1) is 33.1. The Balaban J connectivity index is 1.19. The number of anilines is 2. The maximum absolute atomic E-state index is 13.4. The maximum atomic E-state index is 13.4. The van der Waals surface area contributed by atoms with Crippen molar-refractivity contribution in [1.82, 2.24) is 5.32 Å². The minimum atomic E-state index is -1.16. The van der Waals surface area contributed by atoms with Crippen molar-refractivity contribution in [3.8, 4) is 16.9 Å². The molecular weight excluding hydrogens is 594 g/mol. The maximum Gasteiger partial charge on any atom is 0.408 e. The quantitative estimate of drug-likeness (QED) is 0.118. The highest BCUT2D eigenvalue weighted by Gasteiger charge is 2.25. The summed E-state index contributed by atoms with van der Waals surface area (Å²) in [5.74, 6) is -0.220. The first-order valence-electron chi connectivity index (χ1n) is 15.9. The van der Waals surface area contributed by atoms with Gasteiger partial charge in [0.25, 0.3) is 0 Å². The predicted octanol–water partition coefficient (Wildman–Crippen LogP) is 6.61. The first-order valence-corrected chi connectivity index (χ1v) is 15.9. The fourth-order valence-electron chi connectivity index (χ4n) is 5.83. The second kappa shape index (κ2) is 15.3. The van der Waals surface area contributed by atoms with Gasteiger partial charge in [-0.25, -0.2) is 9.59 Å². The van der Waals surface area contributed by atoms with Crippen LogP contribution in [-0.2, 0) is 33.8 Å². The van der Waals surface area contributed by atoms with Gasteiger partial charge >= 0.3 is 12.1 Å². The Bertz CT molecular complexity index is 1740. The SMILES string of the molecule is Cc1cccc(OCCCC(=O)N2CCCc3c(-c4cccc(COC(=O)NC(Cc5ccc(N)cc5)C(=O)O)c4)cccc32)c1C. The molecule has 5 rings (SSSR count). The Labute approximate surface area is 275 Å². The van der Waals surface area contributed by atoms with Gasteiger partial charge in [0.05, 0.1) is 6.61 Å². The molecule has 1 atom stereocenters. The van der Waals surface area contributed by atoms with E-state index in [4.69, 9.17) is 15.2 Å². The molecule has 0 aromatic heterocycles. The Morgan fingerprint density at radius 2 is 1.72 bits per heavy atom. The van der Waals surface area contributed by atoms with Crippen LogP contribution >= 0.6 is 0 Å². The van der Waals surface area contributed by atoms with Gasteiger partial charge in [-0.1, -0.05) is 54.6 Å². The number of aryl methyl sites for hydroxylation is 1. The topological polar surface area (TPSA) is 131 Å². The van der Waals surface area contributed by atoms with Crippen molar-refractivity contribution in [2.75, 3.05) is 23.8 Å². The van der Waals surface area contributed by atoms with Crippen molar-refractivity contribution >= 4 is 29.3 Å². The Kier molecular flexibility index (Phi) is 10.8. The number of benzene rings is 4. The lowest BCUT2D eigenvalue weighted by Gasteiger charge is -2.31. The monoisotopic (exact) mass is 635 g/mol. The number of carbonyl (C=O) groups is 3. The molecule has 1 unspecified atom stereocenters. The van der Waals surface area contributed by atoms with Gasteiger partial charge in [0.2, 0.25) is 5.91 Å². The van der Waals surface area contributed by atoms with E-state index < -0.39 is 18.1 Å². The van der Waals surface area contributed by atoms with Crippen molar-refractivity contribution in [2.24, 2.45) is 0 Å². The van der Waals surface area contributed by atoms with E-state index in [0.717, 1.165) is 57.7 Å². The van der Waals surface area contributed by atoms with E-state index in [0.29, 0.717) is 31.7 Å². The number of nitrogens with two attached hydrogens (primary N) is 1. The normalized spacial score (nSPS) is 12.9. The fraction of sp³-hybridized carbons (Fsp3) is 0.289. The number of carboxylic acids is 1. The molecule has 0 spiro atoms. The molecule has 0 saturated heterocycles. The average Bonchev–Trinajstić information content (AvgIpc) is 3.07. The third kappa shape index (κ3) is 8.49. The van der Waals surface area contributed by atoms with Crippen molar-refractivity contribution in [1.29, 1.82) is 0 Å². The molecule has 9 heteroatoms. The Hall–Kier alpha value is -5.31. The van der Waals surface area contributed by atoms with Gasteiger partial charge in [0, 0.05) is 30.8 Å². The highest BCUT2D eigenvalue weighted by Crippen LogP contribution is 2.36. The summed E-state index contributed by atoms with van der Waals surface area (Å²) in [5.41, 5.74) is 14.1. The van der Waals surface area contributed by atoms with Gasteiger partial charge in [-0.2, -0.15) is 0 Å². The van der Waals surface area contributed by atoms with Gasteiger partial charge < -0.3 is 30.5 Å².